The van der Waals surface area contributed by atoms with Crippen LogP contribution in [0, 0.1) is 0 Å². The van der Waals surface area contributed by atoms with E-state index < -0.39 is 6.10 Å². The van der Waals surface area contributed by atoms with E-state index in [1.165, 1.54) is 0 Å². The van der Waals surface area contributed by atoms with Crippen LogP contribution < -0.4 is 4.74 Å². The highest BCUT2D eigenvalue weighted by atomic mass is 35.5. The lowest BCUT2D eigenvalue weighted by Gasteiger charge is -2.10. The average molecular weight is 253 g/mol. The molecular weight excluding hydrogens is 240 g/mol. The van der Waals surface area contributed by atoms with E-state index in [0.29, 0.717) is 17.9 Å². The molecule has 3 nitrogen and oxygen atoms in total. The van der Waals surface area contributed by atoms with Crippen LogP contribution in [0.15, 0.2) is 40.8 Å². The third kappa shape index (κ3) is 2.81. The predicted molar refractivity (Wildman–Crippen MR) is 65.4 cm³/mol. The van der Waals surface area contributed by atoms with Gasteiger partial charge in [0.05, 0.1) is 6.61 Å². The molecule has 2 rings (SSSR count). The standard InChI is InChI=1S/C13H13ClO3/c1-2-16-10-5-3-4-9(8-10)13(15)11-6-7-12(14)17-11/h3-8,13,15H,2H2,1H3. The van der Waals surface area contributed by atoms with Gasteiger partial charge in [0, 0.05) is 0 Å². The molecule has 1 unspecified atom stereocenters. The normalized spacial score (nSPS) is 12.4. The topological polar surface area (TPSA) is 42.6 Å². The van der Waals surface area contributed by atoms with Gasteiger partial charge in [0.1, 0.15) is 17.6 Å². The fourth-order valence-electron chi connectivity index (χ4n) is 1.58. The van der Waals surface area contributed by atoms with Crippen molar-refractivity contribution in [3.05, 3.63) is 52.9 Å². The van der Waals surface area contributed by atoms with Crippen LogP contribution in [-0.2, 0) is 0 Å². The summed E-state index contributed by atoms with van der Waals surface area (Å²) in [7, 11) is 0. The highest BCUT2D eigenvalue weighted by Gasteiger charge is 2.14. The smallest absolute Gasteiger partial charge is 0.193 e. The number of rotatable bonds is 4. The summed E-state index contributed by atoms with van der Waals surface area (Å²) in [4.78, 5) is 0. The molecule has 1 aromatic heterocycles. The van der Waals surface area contributed by atoms with Crippen LogP contribution in [0.25, 0.3) is 0 Å². The second kappa shape index (κ2) is 5.25. The summed E-state index contributed by atoms with van der Waals surface area (Å²) >= 11 is 5.67. The summed E-state index contributed by atoms with van der Waals surface area (Å²) in [5.74, 6) is 1.14. The molecule has 0 amide bonds. The Kier molecular flexibility index (Phi) is 3.71. The number of aliphatic hydroxyl groups excluding tert-OH is 1. The lowest BCUT2D eigenvalue weighted by molar-refractivity contribution is 0.189. The summed E-state index contributed by atoms with van der Waals surface area (Å²) < 4.78 is 10.5. The maximum absolute atomic E-state index is 10.1. The molecule has 0 aliphatic rings. The maximum atomic E-state index is 10.1. The Morgan fingerprint density at radius 3 is 2.82 bits per heavy atom. The van der Waals surface area contributed by atoms with Gasteiger partial charge in [0.2, 0.25) is 0 Å². The number of ether oxygens (including phenoxy) is 1. The van der Waals surface area contributed by atoms with E-state index >= 15 is 0 Å². The molecule has 90 valence electrons. The fraction of sp³-hybridized carbons (Fsp3) is 0.231. The zero-order valence-corrected chi connectivity index (χ0v) is 10.1. The van der Waals surface area contributed by atoms with E-state index in [9.17, 15) is 5.11 Å². The SMILES string of the molecule is CCOc1cccc(C(O)c2ccc(Cl)o2)c1. The molecule has 0 saturated carbocycles. The quantitative estimate of drug-likeness (QED) is 0.907. The van der Waals surface area contributed by atoms with Gasteiger partial charge in [-0.2, -0.15) is 0 Å². The first-order valence-electron chi connectivity index (χ1n) is 5.36. The fourth-order valence-corrected chi connectivity index (χ4v) is 1.73. The molecular formula is C13H13ClO3. The van der Waals surface area contributed by atoms with E-state index in [2.05, 4.69) is 0 Å². The Bertz CT molecular complexity index is 493. The molecule has 0 spiro atoms. The first kappa shape index (κ1) is 12.0. The van der Waals surface area contributed by atoms with Gasteiger partial charge in [-0.25, -0.2) is 0 Å². The van der Waals surface area contributed by atoms with E-state index in [1.807, 2.05) is 25.1 Å². The molecule has 0 saturated heterocycles. The largest absolute Gasteiger partial charge is 0.494 e. The minimum atomic E-state index is -0.831. The van der Waals surface area contributed by atoms with Crippen molar-refractivity contribution in [3.8, 4) is 5.75 Å². The first-order valence-corrected chi connectivity index (χ1v) is 5.74. The number of hydrogen-bond acceptors (Lipinski definition) is 3. The average Bonchev–Trinajstić information content (AvgIpc) is 2.76. The molecule has 4 heteroatoms. The van der Waals surface area contributed by atoms with Crippen LogP contribution in [0.3, 0.4) is 0 Å². The molecule has 0 aliphatic carbocycles. The van der Waals surface area contributed by atoms with Gasteiger partial charge in [0.15, 0.2) is 5.22 Å². The van der Waals surface area contributed by atoms with E-state index in [1.54, 1.807) is 18.2 Å². The molecule has 0 fully saturated rings. The van der Waals surface area contributed by atoms with Crippen molar-refractivity contribution in [1.82, 2.24) is 0 Å². The molecule has 1 aromatic carbocycles. The van der Waals surface area contributed by atoms with Crippen molar-refractivity contribution < 1.29 is 14.3 Å². The molecule has 2 aromatic rings. The van der Waals surface area contributed by atoms with Crippen molar-refractivity contribution in [1.29, 1.82) is 0 Å². The minimum Gasteiger partial charge on any atom is -0.494 e. The Labute approximate surface area is 105 Å². The lowest BCUT2D eigenvalue weighted by Crippen LogP contribution is -1.99. The zero-order chi connectivity index (χ0) is 12.3. The molecule has 0 bridgehead atoms. The molecule has 0 aliphatic heterocycles. The summed E-state index contributed by atoms with van der Waals surface area (Å²) in [5.41, 5.74) is 0.710. The maximum Gasteiger partial charge on any atom is 0.193 e. The van der Waals surface area contributed by atoms with Gasteiger partial charge in [-0.1, -0.05) is 12.1 Å². The van der Waals surface area contributed by atoms with Gasteiger partial charge >= 0.3 is 0 Å². The van der Waals surface area contributed by atoms with Crippen molar-refractivity contribution in [2.24, 2.45) is 0 Å². The van der Waals surface area contributed by atoms with Gasteiger partial charge in [-0.15, -0.1) is 0 Å². The number of benzene rings is 1. The summed E-state index contributed by atoms with van der Waals surface area (Å²) in [6, 6.07) is 10.5. The van der Waals surface area contributed by atoms with Crippen molar-refractivity contribution in [3.63, 3.8) is 0 Å². The van der Waals surface area contributed by atoms with Crippen LogP contribution in [0.5, 0.6) is 5.75 Å². The summed E-state index contributed by atoms with van der Waals surface area (Å²) in [5, 5.41) is 10.4. The Balaban J connectivity index is 2.24. The minimum absolute atomic E-state index is 0.264. The van der Waals surface area contributed by atoms with Crippen LogP contribution in [0.4, 0.5) is 0 Å². The second-order valence-electron chi connectivity index (χ2n) is 3.55. The van der Waals surface area contributed by atoms with Gasteiger partial charge in [-0.05, 0) is 48.4 Å². The van der Waals surface area contributed by atoms with Crippen LogP contribution in [0.1, 0.15) is 24.4 Å². The first-order chi connectivity index (χ1) is 8.20. The van der Waals surface area contributed by atoms with Crippen LogP contribution >= 0.6 is 11.6 Å². The van der Waals surface area contributed by atoms with Crippen LogP contribution in [-0.4, -0.2) is 11.7 Å². The van der Waals surface area contributed by atoms with E-state index in [-0.39, 0.29) is 5.22 Å². The summed E-state index contributed by atoms with van der Waals surface area (Å²) in [6.45, 7) is 2.50. The van der Waals surface area contributed by atoms with E-state index in [4.69, 9.17) is 20.8 Å². The van der Waals surface area contributed by atoms with E-state index in [0.717, 1.165) is 5.75 Å². The summed E-state index contributed by atoms with van der Waals surface area (Å²) in [6.07, 6.45) is -0.831. The van der Waals surface area contributed by atoms with Crippen molar-refractivity contribution >= 4 is 11.6 Å². The van der Waals surface area contributed by atoms with Crippen molar-refractivity contribution in [2.45, 2.75) is 13.0 Å². The Hall–Kier alpha value is -1.45. The molecule has 1 heterocycles. The molecule has 17 heavy (non-hydrogen) atoms. The Morgan fingerprint density at radius 1 is 1.35 bits per heavy atom. The number of halogens is 1. The number of hydrogen-bond donors (Lipinski definition) is 1. The second-order valence-corrected chi connectivity index (χ2v) is 3.92. The van der Waals surface area contributed by atoms with Gasteiger partial charge in [-0.3, -0.25) is 0 Å². The highest BCUT2D eigenvalue weighted by Crippen LogP contribution is 2.27. The molecule has 0 radical (unpaired) electrons. The van der Waals surface area contributed by atoms with Crippen molar-refractivity contribution in [2.75, 3.05) is 6.61 Å². The highest BCUT2D eigenvalue weighted by molar-refractivity contribution is 6.28. The van der Waals surface area contributed by atoms with Gasteiger partial charge in [0.25, 0.3) is 0 Å². The number of aliphatic hydroxyl groups is 1. The van der Waals surface area contributed by atoms with Crippen LogP contribution in [0.2, 0.25) is 5.22 Å². The number of furan rings is 1. The molecule has 1 N–H and O–H groups in total. The third-order valence-electron chi connectivity index (χ3n) is 2.35. The Morgan fingerprint density at radius 2 is 2.18 bits per heavy atom. The third-order valence-corrected chi connectivity index (χ3v) is 2.55. The lowest BCUT2D eigenvalue weighted by atomic mass is 10.1. The monoisotopic (exact) mass is 252 g/mol. The zero-order valence-electron chi connectivity index (χ0n) is 9.39. The predicted octanol–water partition coefficient (Wildman–Crippen LogP) is 3.41. The van der Waals surface area contributed by atoms with Gasteiger partial charge < -0.3 is 14.3 Å². The molecule has 1 atom stereocenters.